The van der Waals surface area contributed by atoms with Crippen molar-refractivity contribution in [3.8, 4) is 0 Å². The molecule has 6 heteroatoms. The van der Waals surface area contributed by atoms with Gasteiger partial charge in [-0.2, -0.15) is 0 Å². The molecule has 3 nitrogen and oxygen atoms in total. The smallest absolute Gasteiger partial charge is 0.192 e. The Kier molecular flexibility index (Phi) is 3.48. The van der Waals surface area contributed by atoms with Gasteiger partial charge in [-0.1, -0.05) is 34.8 Å². The van der Waals surface area contributed by atoms with Gasteiger partial charge in [0.15, 0.2) is 5.96 Å². The number of hydrogen-bond acceptors (Lipinski definition) is 1. The summed E-state index contributed by atoms with van der Waals surface area (Å²) in [5.74, 6) is -0.156. The number of hydrogen-bond donors (Lipinski definition) is 2. The Morgan fingerprint density at radius 3 is 2.29 bits per heavy atom. The zero-order chi connectivity index (χ0) is 10.9. The van der Waals surface area contributed by atoms with E-state index in [9.17, 15) is 0 Å². The van der Waals surface area contributed by atoms with E-state index < -0.39 is 0 Å². The third-order valence-electron chi connectivity index (χ3n) is 1.72. The number of nitrogens with zero attached hydrogens (tertiary/aromatic N) is 1. The molecule has 1 rings (SSSR count). The summed E-state index contributed by atoms with van der Waals surface area (Å²) in [6, 6.07) is 3.19. The summed E-state index contributed by atoms with van der Waals surface area (Å²) in [7, 11) is 1.59. The van der Waals surface area contributed by atoms with Gasteiger partial charge in [0.2, 0.25) is 0 Å². The van der Waals surface area contributed by atoms with Crippen LogP contribution in [0.5, 0.6) is 0 Å². The van der Waals surface area contributed by atoms with Crippen molar-refractivity contribution in [2.45, 2.75) is 0 Å². The van der Waals surface area contributed by atoms with Crippen molar-refractivity contribution < 1.29 is 0 Å². The van der Waals surface area contributed by atoms with Crippen LogP contribution in [-0.2, 0) is 0 Å². The van der Waals surface area contributed by atoms with Crippen LogP contribution >= 0.6 is 34.8 Å². The highest BCUT2D eigenvalue weighted by atomic mass is 35.5. The Labute approximate surface area is 96.9 Å². The standard InChI is InChI=1S/C8H8Cl3N3/c1-14(8(12)13)7-5(10)3-2-4(9)6(7)11/h2-3H,1H3,(H3,12,13). The first-order chi connectivity index (χ1) is 6.45. The molecule has 0 bridgehead atoms. The van der Waals surface area contributed by atoms with Crippen molar-refractivity contribution in [1.29, 1.82) is 5.41 Å². The quantitative estimate of drug-likeness (QED) is 0.459. The number of anilines is 1. The average molecular weight is 253 g/mol. The van der Waals surface area contributed by atoms with Crippen molar-refractivity contribution in [3.63, 3.8) is 0 Å². The van der Waals surface area contributed by atoms with Crippen LogP contribution in [0.4, 0.5) is 5.69 Å². The highest BCUT2D eigenvalue weighted by Crippen LogP contribution is 2.37. The SMILES string of the molecule is CN(C(=N)N)c1c(Cl)ccc(Cl)c1Cl. The van der Waals surface area contributed by atoms with Crippen LogP contribution in [0, 0.1) is 5.41 Å². The number of benzene rings is 1. The highest BCUT2D eigenvalue weighted by Gasteiger charge is 2.15. The molecule has 0 amide bonds. The molecule has 1 aromatic carbocycles. The van der Waals surface area contributed by atoms with E-state index in [1.54, 1.807) is 19.2 Å². The monoisotopic (exact) mass is 251 g/mol. The topological polar surface area (TPSA) is 53.1 Å². The van der Waals surface area contributed by atoms with E-state index in [4.69, 9.17) is 45.9 Å². The van der Waals surface area contributed by atoms with Crippen LogP contribution in [0.1, 0.15) is 0 Å². The largest absolute Gasteiger partial charge is 0.370 e. The van der Waals surface area contributed by atoms with E-state index in [0.29, 0.717) is 15.7 Å². The van der Waals surface area contributed by atoms with Gasteiger partial charge in [0.1, 0.15) is 0 Å². The lowest BCUT2D eigenvalue weighted by atomic mass is 10.3. The maximum atomic E-state index is 7.24. The van der Waals surface area contributed by atoms with E-state index in [1.807, 2.05) is 0 Å². The van der Waals surface area contributed by atoms with Crippen LogP contribution in [-0.4, -0.2) is 13.0 Å². The van der Waals surface area contributed by atoms with Gasteiger partial charge in [0, 0.05) is 7.05 Å². The number of guanidine groups is 1. The van der Waals surface area contributed by atoms with Crippen molar-refractivity contribution >= 4 is 46.4 Å². The minimum absolute atomic E-state index is 0.156. The molecule has 0 aliphatic heterocycles. The van der Waals surface area contributed by atoms with Gasteiger partial charge in [0.25, 0.3) is 0 Å². The summed E-state index contributed by atoms with van der Waals surface area (Å²) in [5, 5.41) is 8.31. The highest BCUT2D eigenvalue weighted by molar-refractivity contribution is 6.46. The molecule has 0 fully saturated rings. The average Bonchev–Trinajstić information content (AvgIpc) is 2.12. The predicted molar refractivity (Wildman–Crippen MR) is 61.8 cm³/mol. The van der Waals surface area contributed by atoms with E-state index >= 15 is 0 Å². The van der Waals surface area contributed by atoms with Crippen LogP contribution in [0.25, 0.3) is 0 Å². The molecule has 76 valence electrons. The van der Waals surface area contributed by atoms with Gasteiger partial charge >= 0.3 is 0 Å². The fourth-order valence-corrected chi connectivity index (χ4v) is 1.72. The number of halogens is 3. The fourth-order valence-electron chi connectivity index (χ4n) is 0.944. The maximum absolute atomic E-state index is 7.24. The maximum Gasteiger partial charge on any atom is 0.192 e. The summed E-state index contributed by atoms with van der Waals surface area (Å²) in [6.45, 7) is 0. The summed E-state index contributed by atoms with van der Waals surface area (Å²) >= 11 is 17.6. The number of rotatable bonds is 1. The molecule has 0 aliphatic rings. The molecule has 14 heavy (non-hydrogen) atoms. The molecule has 0 spiro atoms. The molecular formula is C8H8Cl3N3. The summed E-state index contributed by atoms with van der Waals surface area (Å²) in [4.78, 5) is 1.36. The van der Waals surface area contributed by atoms with Gasteiger partial charge in [-0.25, -0.2) is 0 Å². The van der Waals surface area contributed by atoms with Crippen LogP contribution in [0.3, 0.4) is 0 Å². The zero-order valence-corrected chi connectivity index (χ0v) is 9.58. The molecule has 0 saturated heterocycles. The van der Waals surface area contributed by atoms with E-state index in [2.05, 4.69) is 0 Å². The Morgan fingerprint density at radius 2 is 1.79 bits per heavy atom. The third-order valence-corrected chi connectivity index (χ3v) is 2.82. The third kappa shape index (κ3) is 2.05. The van der Waals surface area contributed by atoms with Crippen LogP contribution in [0.2, 0.25) is 15.1 Å². The molecule has 0 heterocycles. The molecule has 0 unspecified atom stereocenters. The molecule has 0 atom stereocenters. The summed E-state index contributed by atoms with van der Waals surface area (Å²) in [6.07, 6.45) is 0. The second-order valence-electron chi connectivity index (χ2n) is 2.64. The number of nitrogens with two attached hydrogens (primary N) is 1. The number of nitrogens with one attached hydrogen (secondary N) is 1. The molecule has 3 N–H and O–H groups in total. The molecule has 0 aromatic heterocycles. The lowest BCUT2D eigenvalue weighted by molar-refractivity contribution is 1.20. The molecule has 1 aromatic rings. The first kappa shape index (κ1) is 11.4. The van der Waals surface area contributed by atoms with Crippen LogP contribution < -0.4 is 10.6 Å². The van der Waals surface area contributed by atoms with Crippen LogP contribution in [0.15, 0.2) is 12.1 Å². The zero-order valence-electron chi connectivity index (χ0n) is 7.31. The second kappa shape index (κ2) is 4.26. The Morgan fingerprint density at radius 1 is 1.29 bits per heavy atom. The van der Waals surface area contributed by atoms with Gasteiger partial charge in [0.05, 0.1) is 20.8 Å². The Balaban J connectivity index is 3.32. The van der Waals surface area contributed by atoms with E-state index in [-0.39, 0.29) is 11.0 Å². The van der Waals surface area contributed by atoms with E-state index in [0.717, 1.165) is 0 Å². The lowest BCUT2D eigenvalue weighted by Gasteiger charge is -2.20. The second-order valence-corrected chi connectivity index (χ2v) is 3.83. The molecule has 0 radical (unpaired) electrons. The van der Waals surface area contributed by atoms with Crippen molar-refractivity contribution in [2.75, 3.05) is 11.9 Å². The van der Waals surface area contributed by atoms with Gasteiger partial charge < -0.3 is 10.6 Å². The minimum atomic E-state index is -0.156. The fraction of sp³-hybridized carbons (Fsp3) is 0.125. The van der Waals surface area contributed by atoms with Gasteiger partial charge in [-0.05, 0) is 12.1 Å². The normalized spacial score (nSPS) is 10.0. The van der Waals surface area contributed by atoms with Crippen molar-refractivity contribution in [3.05, 3.63) is 27.2 Å². The first-order valence-electron chi connectivity index (χ1n) is 3.66. The molecular weight excluding hydrogens is 244 g/mol. The van der Waals surface area contributed by atoms with Crippen molar-refractivity contribution in [1.82, 2.24) is 0 Å². The Bertz CT molecular complexity index is 378. The summed E-state index contributed by atoms with van der Waals surface area (Å²) in [5.41, 5.74) is 5.74. The first-order valence-corrected chi connectivity index (χ1v) is 4.79. The van der Waals surface area contributed by atoms with Crippen molar-refractivity contribution in [2.24, 2.45) is 5.73 Å². The minimum Gasteiger partial charge on any atom is -0.370 e. The lowest BCUT2D eigenvalue weighted by Crippen LogP contribution is -2.33. The van der Waals surface area contributed by atoms with Gasteiger partial charge in [-0.3, -0.25) is 5.41 Å². The molecule has 0 saturated carbocycles. The van der Waals surface area contributed by atoms with Gasteiger partial charge in [-0.15, -0.1) is 0 Å². The Hall–Kier alpha value is -0.640. The summed E-state index contributed by atoms with van der Waals surface area (Å²) < 4.78 is 0. The molecule has 0 aliphatic carbocycles. The van der Waals surface area contributed by atoms with E-state index in [1.165, 1.54) is 4.90 Å². The predicted octanol–water partition coefficient (Wildman–Crippen LogP) is 2.98.